The Bertz CT molecular complexity index is 1040. The van der Waals surface area contributed by atoms with Crippen LogP contribution in [0.15, 0.2) is 60.9 Å². The van der Waals surface area contributed by atoms with Crippen LogP contribution in [-0.4, -0.2) is 34.4 Å². The van der Waals surface area contributed by atoms with Gasteiger partial charge in [-0.1, -0.05) is 48.5 Å². The van der Waals surface area contributed by atoms with Gasteiger partial charge in [0.2, 0.25) is 0 Å². The Kier molecular flexibility index (Phi) is 6.09. The average molecular weight is 420 g/mol. The van der Waals surface area contributed by atoms with Gasteiger partial charge in [-0.3, -0.25) is 0 Å². The van der Waals surface area contributed by atoms with Gasteiger partial charge in [-0.15, -0.1) is 0 Å². The number of amides is 1. The summed E-state index contributed by atoms with van der Waals surface area (Å²) in [7, 11) is 0. The molecule has 6 nitrogen and oxygen atoms in total. The van der Waals surface area contributed by atoms with Crippen LogP contribution in [0.25, 0.3) is 11.4 Å². The molecule has 0 aliphatic carbocycles. The molecule has 1 N–H and O–H groups in total. The zero-order chi connectivity index (χ0) is 21.8. The maximum Gasteiger partial charge on any atom is 0.407 e. The number of rotatable bonds is 5. The minimum atomic E-state index is -0.529. The summed E-state index contributed by atoms with van der Waals surface area (Å²) in [6, 6.07) is 16.6. The standard InChI is InChI=1S/C25H29N3O3/c1-25(2,3)31-24(29)27-16-22-20-10-7-11-21(19(20)12-15-30-22)23-26-13-14-28(23)17-18-8-5-4-6-9-18/h4-11,13-14,22H,12,15-17H2,1-3H3,(H,27,29). The van der Waals surface area contributed by atoms with Crippen molar-refractivity contribution in [2.24, 2.45) is 0 Å². The zero-order valence-electron chi connectivity index (χ0n) is 18.3. The highest BCUT2D eigenvalue weighted by Crippen LogP contribution is 2.34. The topological polar surface area (TPSA) is 65.4 Å². The van der Waals surface area contributed by atoms with Crippen LogP contribution in [0.3, 0.4) is 0 Å². The molecule has 0 bridgehead atoms. The van der Waals surface area contributed by atoms with Gasteiger partial charge in [-0.05, 0) is 43.9 Å². The Labute approximate surface area is 183 Å². The third kappa shape index (κ3) is 5.14. The summed E-state index contributed by atoms with van der Waals surface area (Å²) in [5.74, 6) is 0.946. The number of benzene rings is 2. The Hall–Kier alpha value is -3.12. The van der Waals surface area contributed by atoms with E-state index >= 15 is 0 Å². The molecule has 1 amide bonds. The molecule has 1 atom stereocenters. The number of carbonyl (C=O) groups is 1. The van der Waals surface area contributed by atoms with Crippen molar-refractivity contribution in [3.8, 4) is 11.4 Å². The molecule has 2 aromatic carbocycles. The predicted molar refractivity (Wildman–Crippen MR) is 120 cm³/mol. The van der Waals surface area contributed by atoms with Crippen molar-refractivity contribution in [3.63, 3.8) is 0 Å². The second-order valence-electron chi connectivity index (χ2n) is 8.73. The fraction of sp³-hybridized carbons (Fsp3) is 0.360. The van der Waals surface area contributed by atoms with Crippen molar-refractivity contribution >= 4 is 6.09 Å². The van der Waals surface area contributed by atoms with Crippen LogP contribution in [-0.2, 0) is 22.4 Å². The summed E-state index contributed by atoms with van der Waals surface area (Å²) in [6.07, 6.45) is 4.03. The summed E-state index contributed by atoms with van der Waals surface area (Å²) < 4.78 is 13.5. The van der Waals surface area contributed by atoms with Gasteiger partial charge in [-0.2, -0.15) is 0 Å². The number of hydrogen-bond acceptors (Lipinski definition) is 4. The fourth-order valence-corrected chi connectivity index (χ4v) is 3.91. The van der Waals surface area contributed by atoms with Gasteiger partial charge in [0.15, 0.2) is 0 Å². The van der Waals surface area contributed by atoms with Crippen molar-refractivity contribution < 1.29 is 14.3 Å². The first-order valence-corrected chi connectivity index (χ1v) is 10.7. The minimum absolute atomic E-state index is 0.214. The molecule has 2 heterocycles. The number of ether oxygens (including phenoxy) is 2. The highest BCUT2D eigenvalue weighted by molar-refractivity contribution is 5.68. The van der Waals surface area contributed by atoms with Gasteiger partial charge in [-0.25, -0.2) is 9.78 Å². The SMILES string of the molecule is CC(C)(C)OC(=O)NCC1OCCc2c(-c3nccn3Cc3ccccc3)cccc21. The maximum atomic E-state index is 12.1. The van der Waals surface area contributed by atoms with E-state index in [2.05, 4.69) is 51.3 Å². The number of nitrogens with one attached hydrogen (secondary N) is 1. The Morgan fingerprint density at radius 3 is 2.77 bits per heavy atom. The monoisotopic (exact) mass is 419 g/mol. The van der Waals surface area contributed by atoms with Gasteiger partial charge in [0.25, 0.3) is 0 Å². The summed E-state index contributed by atoms with van der Waals surface area (Å²) >= 11 is 0. The van der Waals surface area contributed by atoms with E-state index in [0.717, 1.165) is 29.9 Å². The molecule has 0 saturated carbocycles. The lowest BCUT2D eigenvalue weighted by atomic mass is 9.92. The van der Waals surface area contributed by atoms with Crippen LogP contribution in [0.5, 0.6) is 0 Å². The fourth-order valence-electron chi connectivity index (χ4n) is 3.91. The highest BCUT2D eigenvalue weighted by Gasteiger charge is 2.26. The van der Waals surface area contributed by atoms with E-state index in [1.165, 1.54) is 11.1 Å². The van der Waals surface area contributed by atoms with Crippen molar-refractivity contribution in [1.29, 1.82) is 0 Å². The lowest BCUT2D eigenvalue weighted by molar-refractivity contribution is 0.0289. The van der Waals surface area contributed by atoms with Gasteiger partial charge in [0.1, 0.15) is 17.5 Å². The average Bonchev–Trinajstić information content (AvgIpc) is 3.19. The molecule has 1 unspecified atom stereocenters. The Morgan fingerprint density at radius 2 is 2.00 bits per heavy atom. The van der Waals surface area contributed by atoms with Gasteiger partial charge in [0.05, 0.1) is 13.2 Å². The van der Waals surface area contributed by atoms with E-state index in [4.69, 9.17) is 9.47 Å². The predicted octanol–water partition coefficient (Wildman–Crippen LogP) is 4.74. The molecule has 0 fully saturated rings. The van der Waals surface area contributed by atoms with E-state index in [-0.39, 0.29) is 6.10 Å². The van der Waals surface area contributed by atoms with E-state index < -0.39 is 11.7 Å². The summed E-state index contributed by atoms with van der Waals surface area (Å²) in [5, 5.41) is 2.84. The molecular weight excluding hydrogens is 390 g/mol. The molecule has 1 aromatic heterocycles. The number of fused-ring (bicyclic) bond motifs is 1. The number of carbonyl (C=O) groups excluding carboxylic acids is 1. The molecule has 31 heavy (non-hydrogen) atoms. The van der Waals surface area contributed by atoms with Crippen LogP contribution in [0, 0.1) is 0 Å². The molecule has 1 aliphatic heterocycles. The molecule has 162 valence electrons. The van der Waals surface area contributed by atoms with Crippen molar-refractivity contribution in [2.45, 2.75) is 45.4 Å². The molecular formula is C25H29N3O3. The molecule has 0 spiro atoms. The van der Waals surface area contributed by atoms with Crippen LogP contribution in [0.4, 0.5) is 4.79 Å². The Balaban J connectivity index is 1.56. The van der Waals surface area contributed by atoms with E-state index in [1.54, 1.807) is 0 Å². The van der Waals surface area contributed by atoms with Crippen molar-refractivity contribution in [1.82, 2.24) is 14.9 Å². The Morgan fingerprint density at radius 1 is 1.19 bits per heavy atom. The molecule has 0 radical (unpaired) electrons. The number of alkyl carbamates (subject to hydrolysis) is 1. The normalized spacial score (nSPS) is 15.9. The van der Waals surface area contributed by atoms with Crippen molar-refractivity contribution in [2.75, 3.05) is 13.2 Å². The number of imidazole rings is 1. The second-order valence-corrected chi connectivity index (χ2v) is 8.73. The van der Waals surface area contributed by atoms with Crippen LogP contribution in [0.2, 0.25) is 0 Å². The maximum absolute atomic E-state index is 12.1. The molecule has 0 saturated heterocycles. The number of aromatic nitrogens is 2. The number of hydrogen-bond donors (Lipinski definition) is 1. The number of nitrogens with zero attached hydrogens (tertiary/aromatic N) is 2. The van der Waals surface area contributed by atoms with Crippen LogP contribution < -0.4 is 5.32 Å². The highest BCUT2D eigenvalue weighted by atomic mass is 16.6. The van der Waals surface area contributed by atoms with E-state index in [1.807, 2.05) is 45.3 Å². The van der Waals surface area contributed by atoms with Gasteiger partial charge in [0, 0.05) is 24.5 Å². The summed E-state index contributed by atoms with van der Waals surface area (Å²) in [6.45, 7) is 7.28. The third-order valence-electron chi connectivity index (χ3n) is 5.21. The molecule has 3 aromatic rings. The minimum Gasteiger partial charge on any atom is -0.444 e. The largest absolute Gasteiger partial charge is 0.444 e. The smallest absolute Gasteiger partial charge is 0.407 e. The second kappa shape index (κ2) is 8.94. The lowest BCUT2D eigenvalue weighted by Crippen LogP contribution is -2.36. The summed E-state index contributed by atoms with van der Waals surface area (Å²) in [4.78, 5) is 16.7. The molecule has 1 aliphatic rings. The van der Waals surface area contributed by atoms with Crippen molar-refractivity contribution in [3.05, 3.63) is 77.6 Å². The lowest BCUT2D eigenvalue weighted by Gasteiger charge is -2.28. The quantitative estimate of drug-likeness (QED) is 0.649. The van der Waals surface area contributed by atoms with Gasteiger partial charge >= 0.3 is 6.09 Å². The summed E-state index contributed by atoms with van der Waals surface area (Å²) in [5.41, 5.74) is 4.14. The first-order chi connectivity index (χ1) is 14.9. The van der Waals surface area contributed by atoms with E-state index in [9.17, 15) is 4.79 Å². The molecule has 6 heteroatoms. The van der Waals surface area contributed by atoms with E-state index in [0.29, 0.717) is 13.2 Å². The van der Waals surface area contributed by atoms with Gasteiger partial charge < -0.3 is 19.4 Å². The zero-order valence-corrected chi connectivity index (χ0v) is 18.3. The molecule has 4 rings (SSSR count). The first-order valence-electron chi connectivity index (χ1n) is 10.7. The van der Waals surface area contributed by atoms with Crippen LogP contribution in [0.1, 0.15) is 43.6 Å². The first kappa shape index (κ1) is 21.1. The third-order valence-corrected chi connectivity index (χ3v) is 5.21. The van der Waals surface area contributed by atoms with Crippen LogP contribution >= 0.6 is 0 Å².